The molecule has 2 heterocycles. The number of aromatic amines is 1. The Morgan fingerprint density at radius 2 is 2.08 bits per heavy atom. The third kappa shape index (κ3) is 3.63. The molecule has 1 aliphatic heterocycles. The van der Waals surface area contributed by atoms with Gasteiger partial charge in [0.15, 0.2) is 0 Å². The minimum absolute atomic E-state index is 0.0157. The second kappa shape index (κ2) is 7.78. The zero-order valence-electron chi connectivity index (χ0n) is 15.0. The Morgan fingerprint density at radius 1 is 1.27 bits per heavy atom. The Balaban J connectivity index is 1.29. The predicted molar refractivity (Wildman–Crippen MR) is 100.0 cm³/mol. The second-order valence-electron chi connectivity index (χ2n) is 7.32. The Labute approximate surface area is 153 Å². The minimum Gasteiger partial charge on any atom is -0.389 e. The quantitative estimate of drug-likeness (QED) is 0.757. The Hall–Kier alpha value is -1.89. The van der Waals surface area contributed by atoms with Crippen molar-refractivity contribution in [1.29, 1.82) is 0 Å². The summed E-state index contributed by atoms with van der Waals surface area (Å²) in [5.41, 5.74) is 2.26. The van der Waals surface area contributed by atoms with Gasteiger partial charge in [0, 0.05) is 42.7 Å². The topological polar surface area (TPSA) is 77.6 Å². The van der Waals surface area contributed by atoms with Crippen LogP contribution in [0.1, 0.15) is 24.8 Å². The van der Waals surface area contributed by atoms with Crippen LogP contribution >= 0.6 is 0 Å². The first-order valence-electron chi connectivity index (χ1n) is 9.56. The summed E-state index contributed by atoms with van der Waals surface area (Å²) in [5.74, 6) is 0.0157. The van der Waals surface area contributed by atoms with Crippen LogP contribution < -0.4 is 5.32 Å². The Morgan fingerprint density at radius 3 is 2.92 bits per heavy atom. The van der Waals surface area contributed by atoms with E-state index >= 15 is 0 Å². The highest BCUT2D eigenvalue weighted by Gasteiger charge is 2.39. The summed E-state index contributed by atoms with van der Waals surface area (Å²) in [6.45, 7) is 3.18. The number of aliphatic hydroxyl groups excluding tert-OH is 1. The number of hydrogen-bond donors (Lipinski definition) is 3. The molecule has 1 aromatic carbocycles. The van der Waals surface area contributed by atoms with E-state index in [2.05, 4.69) is 21.3 Å². The molecule has 2 aliphatic rings. The second-order valence-corrected chi connectivity index (χ2v) is 7.32. The fourth-order valence-electron chi connectivity index (χ4n) is 4.29. The first-order valence-corrected chi connectivity index (χ1v) is 9.56. The van der Waals surface area contributed by atoms with Gasteiger partial charge in [-0.1, -0.05) is 18.2 Å². The van der Waals surface area contributed by atoms with Crippen LogP contribution in [0, 0.1) is 0 Å². The summed E-state index contributed by atoms with van der Waals surface area (Å²) in [7, 11) is 0. The van der Waals surface area contributed by atoms with Crippen molar-refractivity contribution in [2.24, 2.45) is 0 Å². The number of para-hydroxylation sites is 1. The number of benzene rings is 1. The molecule has 1 saturated heterocycles. The van der Waals surface area contributed by atoms with Gasteiger partial charge in [0.05, 0.1) is 25.4 Å². The molecule has 4 rings (SSSR count). The number of aliphatic hydroxyl groups is 1. The number of aryl methyl sites for hydroxylation is 1. The molecule has 1 saturated carbocycles. The Kier molecular flexibility index (Phi) is 5.24. The van der Waals surface area contributed by atoms with Gasteiger partial charge in [-0.05, 0) is 30.9 Å². The molecular formula is C20H27N3O3. The molecule has 6 heteroatoms. The molecule has 1 aromatic heterocycles. The number of hydrogen-bond acceptors (Lipinski definition) is 4. The van der Waals surface area contributed by atoms with Crippen molar-refractivity contribution >= 4 is 16.8 Å². The van der Waals surface area contributed by atoms with Crippen LogP contribution in [0.2, 0.25) is 0 Å². The van der Waals surface area contributed by atoms with Crippen molar-refractivity contribution in [3.8, 4) is 0 Å². The van der Waals surface area contributed by atoms with E-state index in [1.807, 2.05) is 24.4 Å². The van der Waals surface area contributed by atoms with Gasteiger partial charge in [0.2, 0.25) is 5.91 Å². The van der Waals surface area contributed by atoms with E-state index in [4.69, 9.17) is 4.74 Å². The number of aromatic nitrogens is 1. The number of nitrogens with zero attached hydrogens (tertiary/aromatic N) is 1. The number of carbonyl (C=O) groups is 1. The van der Waals surface area contributed by atoms with E-state index in [0.29, 0.717) is 12.8 Å². The first kappa shape index (κ1) is 17.5. The van der Waals surface area contributed by atoms with Gasteiger partial charge < -0.3 is 20.1 Å². The molecule has 0 spiro atoms. The van der Waals surface area contributed by atoms with Crippen molar-refractivity contribution in [2.45, 2.75) is 43.9 Å². The molecule has 2 aromatic rings. The number of fused-ring (bicyclic) bond motifs is 1. The summed E-state index contributed by atoms with van der Waals surface area (Å²) in [5, 5.41) is 14.9. The van der Waals surface area contributed by atoms with Gasteiger partial charge in [0.25, 0.3) is 0 Å². The van der Waals surface area contributed by atoms with E-state index < -0.39 is 6.10 Å². The molecule has 3 atom stereocenters. The van der Waals surface area contributed by atoms with Crippen molar-refractivity contribution < 1.29 is 14.6 Å². The summed E-state index contributed by atoms with van der Waals surface area (Å²) >= 11 is 0. The highest BCUT2D eigenvalue weighted by Crippen LogP contribution is 2.26. The maximum Gasteiger partial charge on any atom is 0.220 e. The lowest BCUT2D eigenvalue weighted by Gasteiger charge is -2.34. The predicted octanol–water partition coefficient (Wildman–Crippen LogP) is 1.44. The van der Waals surface area contributed by atoms with E-state index in [1.165, 1.54) is 5.39 Å². The number of H-pyrrole nitrogens is 1. The molecule has 6 nitrogen and oxygen atoms in total. The lowest BCUT2D eigenvalue weighted by molar-refractivity contribution is -0.122. The zero-order chi connectivity index (χ0) is 17.9. The van der Waals surface area contributed by atoms with E-state index in [1.54, 1.807) is 0 Å². The molecule has 1 amide bonds. The average Bonchev–Trinajstić information content (AvgIpc) is 3.25. The van der Waals surface area contributed by atoms with Gasteiger partial charge in [-0.15, -0.1) is 0 Å². The van der Waals surface area contributed by atoms with E-state index in [9.17, 15) is 9.90 Å². The molecule has 2 fully saturated rings. The van der Waals surface area contributed by atoms with Gasteiger partial charge >= 0.3 is 0 Å². The highest BCUT2D eigenvalue weighted by atomic mass is 16.5. The monoisotopic (exact) mass is 357 g/mol. The summed E-state index contributed by atoms with van der Waals surface area (Å²) < 4.78 is 5.39. The summed E-state index contributed by atoms with van der Waals surface area (Å²) in [4.78, 5) is 17.9. The van der Waals surface area contributed by atoms with Gasteiger partial charge in [0.1, 0.15) is 0 Å². The number of nitrogens with one attached hydrogen (secondary N) is 2. The van der Waals surface area contributed by atoms with Gasteiger partial charge in [-0.3, -0.25) is 9.69 Å². The van der Waals surface area contributed by atoms with Crippen LogP contribution in [-0.4, -0.2) is 65.4 Å². The van der Waals surface area contributed by atoms with Crippen LogP contribution in [0.3, 0.4) is 0 Å². The molecule has 1 aliphatic carbocycles. The fraction of sp³-hybridized carbons (Fsp3) is 0.550. The molecule has 0 unspecified atom stereocenters. The summed E-state index contributed by atoms with van der Waals surface area (Å²) in [6.07, 6.45) is 4.39. The maximum absolute atomic E-state index is 12.4. The van der Waals surface area contributed by atoms with Crippen molar-refractivity contribution in [1.82, 2.24) is 15.2 Å². The SMILES string of the molecule is O=C(CCc1c[nH]c2ccccc12)N[C@@H]1CC[C@@H](N2CCOCC2)[C@@H]1O. The van der Waals surface area contributed by atoms with Crippen LogP contribution in [0.25, 0.3) is 10.9 Å². The molecule has 0 radical (unpaired) electrons. The van der Waals surface area contributed by atoms with Crippen LogP contribution in [0.5, 0.6) is 0 Å². The normalized spacial score (nSPS) is 27.0. The van der Waals surface area contributed by atoms with Gasteiger partial charge in [-0.25, -0.2) is 0 Å². The lowest BCUT2D eigenvalue weighted by Crippen LogP contribution is -2.51. The Bertz CT molecular complexity index is 754. The third-order valence-corrected chi connectivity index (χ3v) is 5.74. The first-order chi connectivity index (χ1) is 12.7. The third-order valence-electron chi connectivity index (χ3n) is 5.74. The highest BCUT2D eigenvalue weighted by molar-refractivity contribution is 5.84. The van der Waals surface area contributed by atoms with Crippen LogP contribution in [-0.2, 0) is 16.0 Å². The van der Waals surface area contributed by atoms with Crippen LogP contribution in [0.4, 0.5) is 0 Å². The van der Waals surface area contributed by atoms with Gasteiger partial charge in [-0.2, -0.15) is 0 Å². The average molecular weight is 357 g/mol. The van der Waals surface area contributed by atoms with Crippen LogP contribution in [0.15, 0.2) is 30.5 Å². The largest absolute Gasteiger partial charge is 0.389 e. The molecular weight excluding hydrogens is 330 g/mol. The lowest BCUT2D eigenvalue weighted by atomic mass is 10.1. The maximum atomic E-state index is 12.4. The molecule has 0 bridgehead atoms. The van der Waals surface area contributed by atoms with E-state index in [0.717, 1.165) is 50.2 Å². The number of morpholine rings is 1. The standard InChI is InChI=1S/C20H27N3O3/c24-19(8-5-14-13-21-16-4-2-1-3-15(14)16)22-17-6-7-18(20(17)25)23-9-11-26-12-10-23/h1-4,13,17-18,20-21,25H,5-12H2,(H,22,24)/t17-,18-,20-/m1/s1. The molecule has 26 heavy (non-hydrogen) atoms. The fourth-order valence-corrected chi connectivity index (χ4v) is 4.29. The number of ether oxygens (including phenoxy) is 1. The number of rotatable bonds is 5. The summed E-state index contributed by atoms with van der Waals surface area (Å²) in [6, 6.07) is 8.13. The smallest absolute Gasteiger partial charge is 0.220 e. The number of amides is 1. The number of carbonyl (C=O) groups excluding carboxylic acids is 1. The van der Waals surface area contributed by atoms with E-state index in [-0.39, 0.29) is 18.0 Å². The zero-order valence-corrected chi connectivity index (χ0v) is 15.0. The van der Waals surface area contributed by atoms with Crippen molar-refractivity contribution in [3.63, 3.8) is 0 Å². The van der Waals surface area contributed by atoms with Crippen molar-refractivity contribution in [2.75, 3.05) is 26.3 Å². The van der Waals surface area contributed by atoms with Crippen molar-refractivity contribution in [3.05, 3.63) is 36.0 Å². The minimum atomic E-state index is -0.495. The molecule has 140 valence electrons. The molecule has 3 N–H and O–H groups in total.